The van der Waals surface area contributed by atoms with Crippen LogP contribution in [-0.2, 0) is 10.0 Å². The largest absolute Gasteiger partial charge is 0.513 e. The molecule has 2 aromatic rings. The summed E-state index contributed by atoms with van der Waals surface area (Å²) >= 11 is 5.70. The van der Waals surface area contributed by atoms with E-state index in [2.05, 4.69) is 9.98 Å². The number of H-pyrrole nitrogens is 1. The lowest BCUT2D eigenvalue weighted by atomic mass is 10.4. The Hall–Kier alpha value is -2.26. The molecule has 0 aliphatic carbocycles. The molecule has 0 radical (unpaired) electrons. The monoisotopic (exact) mass is 359 g/mol. The summed E-state index contributed by atoms with van der Waals surface area (Å²) in [5, 5.41) is 0.336. The second-order valence-corrected chi connectivity index (χ2v) is 6.97. The van der Waals surface area contributed by atoms with Gasteiger partial charge in [0.05, 0.1) is 6.34 Å². The Morgan fingerprint density at radius 3 is 2.48 bits per heavy atom. The summed E-state index contributed by atoms with van der Waals surface area (Å²) in [6.07, 6.45) is 1.84. The molecule has 0 atom stereocenters. The zero-order valence-electron chi connectivity index (χ0n) is 12.2. The zero-order chi connectivity index (χ0) is 17.2. The number of rotatable bonds is 4. The molecule has 0 saturated heterocycles. The highest BCUT2D eigenvalue weighted by Crippen LogP contribution is 2.14. The van der Waals surface area contributed by atoms with Crippen LogP contribution in [0.1, 0.15) is 0 Å². The molecule has 122 valence electrons. The fourth-order valence-electron chi connectivity index (χ4n) is 1.60. The van der Waals surface area contributed by atoms with Gasteiger partial charge in [-0.2, -0.15) is 27.6 Å². The maximum Gasteiger partial charge on any atom is 0.513 e. The van der Waals surface area contributed by atoms with Crippen LogP contribution in [0.25, 0.3) is 0 Å². The van der Waals surface area contributed by atoms with E-state index in [-0.39, 0.29) is 14.7 Å². The Bertz CT molecular complexity index is 908. The van der Waals surface area contributed by atoms with Crippen LogP contribution in [0.2, 0.25) is 5.02 Å². The number of aromatic amines is 1. The summed E-state index contributed by atoms with van der Waals surface area (Å²) in [6.45, 7) is 0. The molecule has 0 spiro atoms. The van der Waals surface area contributed by atoms with Crippen molar-refractivity contribution in [1.29, 1.82) is 0 Å². The molecule has 0 aliphatic rings. The first-order chi connectivity index (χ1) is 10.7. The number of hydrogen-bond donors (Lipinski definition) is 1. The molecule has 0 saturated carbocycles. The van der Waals surface area contributed by atoms with Gasteiger partial charge < -0.3 is 4.90 Å². The van der Waals surface area contributed by atoms with E-state index in [1.807, 2.05) is 0 Å². The molecule has 0 bridgehead atoms. The minimum absolute atomic E-state index is 0.193. The van der Waals surface area contributed by atoms with Gasteiger partial charge in [-0.1, -0.05) is 15.6 Å². The molecule has 7 nitrogen and oxygen atoms in total. The molecule has 1 heterocycles. The molecule has 1 N–H and O–H groups in total. The predicted molar refractivity (Wildman–Crippen MR) is 83.1 cm³/mol. The average molecular weight is 360 g/mol. The van der Waals surface area contributed by atoms with Crippen molar-refractivity contribution < 1.29 is 16.8 Å². The summed E-state index contributed by atoms with van der Waals surface area (Å²) in [7, 11) is -0.924. The first-order valence-corrected chi connectivity index (χ1v) is 8.10. The van der Waals surface area contributed by atoms with E-state index >= 15 is 0 Å². The van der Waals surface area contributed by atoms with Crippen LogP contribution >= 0.6 is 11.6 Å². The molecule has 2 rings (SSSR count). The first-order valence-electron chi connectivity index (χ1n) is 6.28. The van der Waals surface area contributed by atoms with Crippen LogP contribution in [0.15, 0.2) is 45.1 Å². The summed E-state index contributed by atoms with van der Waals surface area (Å²) in [4.78, 5) is 19.1. The minimum Gasteiger partial charge on any atom is -0.369 e. The third-order valence-corrected chi connectivity index (χ3v) is 4.58. The second-order valence-electron chi connectivity index (χ2n) is 4.72. The lowest BCUT2D eigenvalue weighted by molar-refractivity contribution is -0.534. The van der Waals surface area contributed by atoms with Crippen molar-refractivity contribution in [2.75, 3.05) is 14.1 Å². The van der Waals surface area contributed by atoms with E-state index in [1.54, 1.807) is 14.1 Å². The number of nitrogens with zero attached hydrogens (tertiary/aromatic N) is 3. The van der Waals surface area contributed by atoms with Gasteiger partial charge >= 0.3 is 15.7 Å². The lowest BCUT2D eigenvalue weighted by Crippen LogP contribution is -2.56. The number of nitrogens with one attached hydrogen (secondary N) is 1. The third kappa shape index (κ3) is 3.74. The van der Waals surface area contributed by atoms with Crippen molar-refractivity contribution >= 4 is 33.8 Å². The Balaban J connectivity index is 2.54. The highest BCUT2D eigenvalue weighted by atomic mass is 35.5. The maximum atomic E-state index is 14.0. The van der Waals surface area contributed by atoms with E-state index < -0.39 is 21.5 Å². The van der Waals surface area contributed by atoms with E-state index in [1.165, 1.54) is 35.5 Å². The van der Waals surface area contributed by atoms with Gasteiger partial charge in [-0.25, -0.2) is 0 Å². The second kappa shape index (κ2) is 6.47. The molecule has 10 heteroatoms. The molecule has 0 amide bonds. The molecule has 0 fully saturated rings. The van der Waals surface area contributed by atoms with Crippen LogP contribution < -0.4 is 9.66 Å². The number of aromatic nitrogens is 2. The summed E-state index contributed by atoms with van der Waals surface area (Å²) < 4.78 is 39.0. The highest BCUT2D eigenvalue weighted by molar-refractivity contribution is 7.85. The van der Waals surface area contributed by atoms with Crippen molar-refractivity contribution in [2.45, 2.75) is 4.90 Å². The van der Waals surface area contributed by atoms with Gasteiger partial charge in [0.2, 0.25) is 5.82 Å². The van der Waals surface area contributed by atoms with Crippen LogP contribution in [0.4, 0.5) is 10.2 Å². The van der Waals surface area contributed by atoms with Gasteiger partial charge in [0.15, 0.2) is 6.20 Å². The number of halogens is 2. The van der Waals surface area contributed by atoms with Crippen molar-refractivity contribution in [2.24, 2.45) is 4.99 Å². The van der Waals surface area contributed by atoms with Crippen LogP contribution in [0, 0.1) is 5.82 Å². The van der Waals surface area contributed by atoms with E-state index in [0.29, 0.717) is 11.2 Å². The van der Waals surface area contributed by atoms with Gasteiger partial charge in [0, 0.05) is 19.1 Å². The Labute approximate surface area is 136 Å². The number of aliphatic imine (C=N–C) groups is 1. The molecule has 0 aliphatic heterocycles. The summed E-state index contributed by atoms with van der Waals surface area (Å²) in [6, 6.07) is 5.16. The van der Waals surface area contributed by atoms with Crippen LogP contribution in [-0.4, -0.2) is 38.7 Å². The molecular weight excluding hydrogens is 347 g/mol. The molecule has 1 aromatic carbocycles. The fourth-order valence-corrected chi connectivity index (χ4v) is 2.93. The average Bonchev–Trinajstić information content (AvgIpc) is 2.48. The van der Waals surface area contributed by atoms with Gasteiger partial charge in [-0.15, -0.1) is 0 Å². The minimum atomic E-state index is -4.24. The number of benzene rings is 1. The maximum absolute atomic E-state index is 14.0. The Kier molecular flexibility index (Phi) is 4.81. The van der Waals surface area contributed by atoms with Crippen LogP contribution in [0.3, 0.4) is 0 Å². The molecular formula is C13H13ClFN4O3S+. The van der Waals surface area contributed by atoms with Crippen molar-refractivity contribution in [3.63, 3.8) is 0 Å². The van der Waals surface area contributed by atoms with Crippen LogP contribution in [0.5, 0.6) is 0 Å². The lowest BCUT2D eigenvalue weighted by Gasteiger charge is -2.03. The smallest absolute Gasteiger partial charge is 0.369 e. The van der Waals surface area contributed by atoms with E-state index in [4.69, 9.17) is 11.6 Å². The van der Waals surface area contributed by atoms with E-state index in [0.717, 1.165) is 0 Å². The zero-order valence-corrected chi connectivity index (χ0v) is 13.8. The van der Waals surface area contributed by atoms with Gasteiger partial charge in [0.25, 0.3) is 5.82 Å². The van der Waals surface area contributed by atoms with Gasteiger partial charge in [-0.05, 0) is 24.3 Å². The topological polar surface area (TPSA) is 86.5 Å². The molecule has 23 heavy (non-hydrogen) atoms. The van der Waals surface area contributed by atoms with Crippen molar-refractivity contribution in [3.05, 3.63) is 51.8 Å². The number of hydrogen-bond acceptors (Lipinski definition) is 4. The molecule has 0 unspecified atom stereocenters. The van der Waals surface area contributed by atoms with Crippen molar-refractivity contribution in [1.82, 2.24) is 9.88 Å². The van der Waals surface area contributed by atoms with Crippen molar-refractivity contribution in [3.8, 4) is 0 Å². The standard InChI is InChI=1S/C13H12ClFN4O3S/c1-18(2)8-16-12-11(15)7-19(13(20)17-12)23(21,22)10-5-3-9(14)4-6-10/h3-8H,1-2H3/p+1/b16-8+. The Morgan fingerprint density at radius 1 is 1.30 bits per heavy atom. The Morgan fingerprint density at radius 2 is 1.91 bits per heavy atom. The quantitative estimate of drug-likeness (QED) is 0.499. The van der Waals surface area contributed by atoms with E-state index in [9.17, 15) is 17.6 Å². The van der Waals surface area contributed by atoms with Gasteiger partial charge in [-0.3, -0.25) is 0 Å². The normalized spacial score (nSPS) is 11.8. The molecule has 1 aromatic heterocycles. The summed E-state index contributed by atoms with van der Waals surface area (Å²) in [5.41, 5.74) is -1.03. The highest BCUT2D eigenvalue weighted by Gasteiger charge is 2.27. The first kappa shape index (κ1) is 17.1. The SMILES string of the molecule is CN(C)/C=N/c1[nH]c(=O)[n+](S(=O)(=O)c2ccc(Cl)cc2)cc1F. The predicted octanol–water partition coefficient (Wildman–Crippen LogP) is 0.913. The summed E-state index contributed by atoms with van der Waals surface area (Å²) in [5.74, 6) is -1.36. The fraction of sp³-hybridized carbons (Fsp3) is 0.154. The van der Waals surface area contributed by atoms with Gasteiger partial charge in [0.1, 0.15) is 4.90 Å². The third-order valence-electron chi connectivity index (χ3n) is 2.67.